The van der Waals surface area contributed by atoms with Crippen molar-refractivity contribution in [3.63, 3.8) is 0 Å². The summed E-state index contributed by atoms with van der Waals surface area (Å²) >= 11 is 0. The number of aromatic nitrogens is 4. The third-order valence-electron chi connectivity index (χ3n) is 7.58. The van der Waals surface area contributed by atoms with E-state index < -0.39 is 50.2 Å². The third-order valence-corrected chi connectivity index (χ3v) is 9.20. The first-order valence-corrected chi connectivity index (χ1v) is 16.3. The first-order valence-electron chi connectivity index (χ1n) is 14.7. The second kappa shape index (κ2) is 13.5. The molecule has 0 bridgehead atoms. The van der Waals surface area contributed by atoms with Crippen molar-refractivity contribution in [1.82, 2.24) is 24.6 Å². The van der Waals surface area contributed by atoms with Crippen LogP contribution in [-0.2, 0) is 23.4 Å². The van der Waals surface area contributed by atoms with E-state index in [9.17, 15) is 14.5 Å². The van der Waals surface area contributed by atoms with Crippen LogP contribution in [0, 0.1) is 12.3 Å². The quantitative estimate of drug-likeness (QED) is 0.145. The highest BCUT2D eigenvalue weighted by atomic mass is 31.2. The number of anilines is 1. The maximum atomic E-state index is 16.4. The molecule has 14 nitrogen and oxygen atoms in total. The Morgan fingerprint density at radius 2 is 2.00 bits per heavy atom. The van der Waals surface area contributed by atoms with Crippen LogP contribution in [0.5, 0.6) is 11.6 Å². The summed E-state index contributed by atoms with van der Waals surface area (Å²) in [6.45, 7) is 1.90. The van der Waals surface area contributed by atoms with Crippen molar-refractivity contribution in [3.05, 3.63) is 36.7 Å². The molecule has 1 aliphatic carbocycles. The topological polar surface area (TPSA) is 182 Å². The lowest BCUT2D eigenvalue weighted by molar-refractivity contribution is -0.202. The van der Waals surface area contributed by atoms with Gasteiger partial charge in [0, 0.05) is 0 Å². The number of benzene rings is 1. The summed E-state index contributed by atoms with van der Waals surface area (Å²) in [5.41, 5.74) is 2.49. The van der Waals surface area contributed by atoms with Crippen molar-refractivity contribution in [2.75, 3.05) is 18.9 Å². The van der Waals surface area contributed by atoms with Gasteiger partial charge in [-0.1, -0.05) is 30.5 Å². The Bertz CT molecular complexity index is 1640. The van der Waals surface area contributed by atoms with Gasteiger partial charge in [0.15, 0.2) is 23.5 Å². The zero-order valence-electron chi connectivity index (χ0n) is 25.2. The molecule has 0 amide bonds. The molecule has 0 spiro atoms. The zero-order valence-corrected chi connectivity index (χ0v) is 26.1. The van der Waals surface area contributed by atoms with Crippen molar-refractivity contribution in [2.24, 2.45) is 0 Å². The summed E-state index contributed by atoms with van der Waals surface area (Å²) in [7, 11) is -4.65. The normalized spacial score (nSPS) is 27.0. The Labute approximate surface area is 263 Å². The Morgan fingerprint density at radius 3 is 2.67 bits per heavy atom. The molecule has 6 atom stereocenters. The summed E-state index contributed by atoms with van der Waals surface area (Å²) in [5, 5.41) is 13.4. The smallest absolute Gasteiger partial charge is 0.459 e. The highest BCUT2D eigenvalue weighted by Gasteiger charge is 2.67. The van der Waals surface area contributed by atoms with Crippen molar-refractivity contribution in [2.45, 2.75) is 82.0 Å². The largest absolute Gasteiger partial charge is 0.476 e. The SMILES string of the molecule is C#C[C@]1(F)[C@H](n2cnc3c(OCC)nc(N)nc32)O[C@](F)(CO[P@](=O)(NC(C)C(=O)OC2CCCCC2)Oc2ccccc2)[C@H]1O. The number of aliphatic hydroxyl groups excluding tert-OH is 1. The van der Waals surface area contributed by atoms with E-state index in [4.69, 9.17) is 35.4 Å². The van der Waals surface area contributed by atoms with Crippen molar-refractivity contribution < 1.29 is 46.5 Å². The van der Waals surface area contributed by atoms with Crippen LogP contribution in [-0.4, -0.2) is 73.6 Å². The Hall–Kier alpha value is -3.87. The van der Waals surface area contributed by atoms with Crippen LogP contribution in [0.15, 0.2) is 36.7 Å². The van der Waals surface area contributed by atoms with Gasteiger partial charge in [0.2, 0.25) is 17.5 Å². The molecule has 1 aromatic carbocycles. The molecular formula is C29H35F2N6O8P. The first kappa shape index (κ1) is 33.5. The number of nitrogens with two attached hydrogens (primary N) is 1. The number of alkyl halides is 2. The fourth-order valence-corrected chi connectivity index (χ4v) is 6.75. The molecule has 3 aromatic rings. The number of esters is 1. The summed E-state index contributed by atoms with van der Waals surface area (Å²) in [5.74, 6) is -2.62. The Balaban J connectivity index is 1.39. The van der Waals surface area contributed by atoms with Gasteiger partial charge >= 0.3 is 13.7 Å². The average Bonchev–Trinajstić information content (AvgIpc) is 3.54. The number of fused-ring (bicyclic) bond motifs is 1. The molecule has 248 valence electrons. The van der Waals surface area contributed by atoms with Gasteiger partial charge in [0.1, 0.15) is 24.5 Å². The van der Waals surface area contributed by atoms with Gasteiger partial charge in [-0.2, -0.15) is 15.1 Å². The number of para-hydroxylation sites is 1. The minimum atomic E-state index is -4.65. The number of nitrogens with zero attached hydrogens (tertiary/aromatic N) is 4. The van der Waals surface area contributed by atoms with Gasteiger partial charge in [-0.15, -0.1) is 6.42 Å². The fourth-order valence-electron chi connectivity index (χ4n) is 5.24. The predicted molar refractivity (Wildman–Crippen MR) is 160 cm³/mol. The van der Waals surface area contributed by atoms with Gasteiger partial charge in [-0.05, 0) is 51.7 Å². The second-order valence-corrected chi connectivity index (χ2v) is 12.6. The fraction of sp³-hybridized carbons (Fsp3) is 0.517. The van der Waals surface area contributed by atoms with Gasteiger partial charge in [-0.3, -0.25) is 13.9 Å². The lowest BCUT2D eigenvalue weighted by Gasteiger charge is -2.28. The number of carbonyl (C=O) groups excluding carboxylic acids is 1. The number of aliphatic hydroxyl groups is 1. The molecule has 1 saturated carbocycles. The number of hydrogen-bond acceptors (Lipinski definition) is 12. The summed E-state index contributed by atoms with van der Waals surface area (Å²) in [6.07, 6.45) is 5.76. The number of nitrogen functional groups attached to an aromatic ring is 1. The molecule has 4 N–H and O–H groups in total. The molecule has 2 aromatic heterocycles. The van der Waals surface area contributed by atoms with E-state index >= 15 is 8.78 Å². The molecule has 3 heterocycles. The lowest BCUT2D eigenvalue weighted by Crippen LogP contribution is -2.48. The molecule has 0 radical (unpaired) electrons. The van der Waals surface area contributed by atoms with Gasteiger partial charge < -0.3 is 29.6 Å². The number of ether oxygens (including phenoxy) is 3. The maximum absolute atomic E-state index is 16.4. The molecule has 1 unspecified atom stereocenters. The van der Waals surface area contributed by atoms with E-state index in [-0.39, 0.29) is 41.5 Å². The van der Waals surface area contributed by atoms with Gasteiger partial charge in [0.05, 0.1) is 12.9 Å². The Kier molecular flexibility index (Phi) is 9.81. The van der Waals surface area contributed by atoms with E-state index in [1.165, 1.54) is 19.1 Å². The van der Waals surface area contributed by atoms with E-state index in [0.717, 1.165) is 30.2 Å². The minimum Gasteiger partial charge on any atom is -0.476 e. The molecule has 5 rings (SSSR count). The summed E-state index contributed by atoms with van der Waals surface area (Å²) in [4.78, 5) is 24.9. The highest BCUT2D eigenvalue weighted by molar-refractivity contribution is 7.52. The van der Waals surface area contributed by atoms with Crippen molar-refractivity contribution in [1.29, 1.82) is 0 Å². The first-order chi connectivity index (χ1) is 21.9. The zero-order chi connectivity index (χ0) is 33.1. The second-order valence-electron chi connectivity index (χ2n) is 10.9. The number of halogens is 2. The van der Waals surface area contributed by atoms with Crippen LogP contribution in [0.4, 0.5) is 14.7 Å². The van der Waals surface area contributed by atoms with E-state index in [2.05, 4.69) is 20.0 Å². The van der Waals surface area contributed by atoms with Gasteiger partial charge in [-0.25, -0.2) is 18.3 Å². The minimum absolute atomic E-state index is 0.0245. The maximum Gasteiger partial charge on any atom is 0.459 e. The van der Waals surface area contributed by atoms with Crippen LogP contribution in [0.3, 0.4) is 0 Å². The summed E-state index contributed by atoms with van der Waals surface area (Å²) < 4.78 is 75.0. The molecule has 1 saturated heterocycles. The van der Waals surface area contributed by atoms with Gasteiger partial charge in [0.25, 0.3) is 5.85 Å². The number of rotatable bonds is 12. The number of imidazole rings is 1. The molecule has 1 aliphatic heterocycles. The molecular weight excluding hydrogens is 629 g/mol. The van der Waals surface area contributed by atoms with E-state index in [1.54, 1.807) is 31.0 Å². The van der Waals surface area contributed by atoms with Crippen molar-refractivity contribution >= 4 is 30.8 Å². The van der Waals surface area contributed by atoms with Crippen LogP contribution in [0.2, 0.25) is 0 Å². The molecule has 46 heavy (non-hydrogen) atoms. The molecule has 2 fully saturated rings. The van der Waals surface area contributed by atoms with E-state index in [0.29, 0.717) is 12.8 Å². The highest BCUT2D eigenvalue weighted by Crippen LogP contribution is 2.52. The standard InChI is InChI=1S/C29H35F2N6O8P/c1-4-28(30)25(39)29(31,44-26(28)37-17-33-21-22(37)34-27(32)35-23(21)41-5-2)16-42-46(40,45-20-14-10-7-11-15-20)36-18(3)24(38)43-19-12-8-6-9-13-19/h1,7,10-11,14-15,17-19,25-26,39H,5-6,8-9,12-13,16H2,2-3H3,(H,36,40)(H2,32,34,35)/t18?,25-,26+,28+,29+,46+/m0/s1. The van der Waals surface area contributed by atoms with Crippen LogP contribution in [0.1, 0.15) is 52.2 Å². The predicted octanol–water partition coefficient (Wildman–Crippen LogP) is 3.76. The molecule has 2 aliphatic rings. The number of terminal acetylenes is 1. The average molecular weight is 665 g/mol. The van der Waals surface area contributed by atoms with Crippen LogP contribution < -0.4 is 20.1 Å². The molecule has 17 heteroatoms. The van der Waals surface area contributed by atoms with E-state index in [1.807, 2.05) is 0 Å². The van der Waals surface area contributed by atoms with Crippen molar-refractivity contribution in [3.8, 4) is 24.0 Å². The number of carbonyl (C=O) groups is 1. The monoisotopic (exact) mass is 664 g/mol. The summed E-state index contributed by atoms with van der Waals surface area (Å²) in [6, 6.07) is 6.50. The lowest BCUT2D eigenvalue weighted by atomic mass is 9.96. The Morgan fingerprint density at radius 1 is 1.28 bits per heavy atom. The van der Waals surface area contributed by atoms with Crippen LogP contribution >= 0.6 is 7.75 Å². The number of hydrogen-bond donors (Lipinski definition) is 3. The number of nitrogens with one attached hydrogen (secondary N) is 1. The van der Waals surface area contributed by atoms with Crippen LogP contribution in [0.25, 0.3) is 11.2 Å². The third kappa shape index (κ3) is 6.79.